The Bertz CT molecular complexity index is 264. The molecule has 64 valence electrons. The van der Waals surface area contributed by atoms with Gasteiger partial charge in [0.25, 0.3) is 0 Å². The van der Waals surface area contributed by atoms with Crippen LogP contribution in [0.1, 0.15) is 13.3 Å². The van der Waals surface area contributed by atoms with Gasteiger partial charge in [-0.2, -0.15) is 0 Å². The Morgan fingerprint density at radius 1 is 1.58 bits per heavy atom. The van der Waals surface area contributed by atoms with Crippen LogP contribution < -0.4 is 0 Å². The summed E-state index contributed by atoms with van der Waals surface area (Å²) in [6.07, 6.45) is 2.43. The van der Waals surface area contributed by atoms with Crippen molar-refractivity contribution in [1.29, 1.82) is 0 Å². The first-order valence-electron chi connectivity index (χ1n) is 3.52. The van der Waals surface area contributed by atoms with Gasteiger partial charge in [0.2, 0.25) is 5.78 Å². The van der Waals surface area contributed by atoms with Gasteiger partial charge in [0.1, 0.15) is 6.10 Å². The van der Waals surface area contributed by atoms with Crippen LogP contribution in [-0.4, -0.2) is 23.6 Å². The second-order valence-corrected chi connectivity index (χ2v) is 2.53. The van der Waals surface area contributed by atoms with Crippen LogP contribution in [0.2, 0.25) is 0 Å². The molecule has 0 spiro atoms. The third-order valence-corrected chi connectivity index (χ3v) is 1.45. The van der Waals surface area contributed by atoms with E-state index in [1.54, 1.807) is 0 Å². The standard InChI is InChI=1S/C8H8O4/c1-5(9)8(11)12-7-3-2-6(10)4-7/h2-3,7H,4H2,1H3. The van der Waals surface area contributed by atoms with Crippen LogP contribution in [0.5, 0.6) is 0 Å². The second kappa shape index (κ2) is 3.30. The van der Waals surface area contributed by atoms with Gasteiger partial charge < -0.3 is 4.74 Å². The minimum absolute atomic E-state index is 0.0867. The fraction of sp³-hybridized carbons (Fsp3) is 0.375. The summed E-state index contributed by atoms with van der Waals surface area (Å²) in [7, 11) is 0. The first kappa shape index (κ1) is 8.64. The van der Waals surface area contributed by atoms with Crippen molar-refractivity contribution in [2.75, 3.05) is 0 Å². The van der Waals surface area contributed by atoms with Gasteiger partial charge in [0.15, 0.2) is 5.78 Å². The summed E-state index contributed by atoms with van der Waals surface area (Å²) in [5, 5.41) is 0. The highest BCUT2D eigenvalue weighted by Gasteiger charge is 2.21. The number of rotatable bonds is 2. The van der Waals surface area contributed by atoms with E-state index < -0.39 is 17.9 Å². The maximum absolute atomic E-state index is 10.7. The van der Waals surface area contributed by atoms with Crippen LogP contribution in [0, 0.1) is 0 Å². The number of ether oxygens (including phenoxy) is 1. The monoisotopic (exact) mass is 168 g/mol. The van der Waals surface area contributed by atoms with Crippen LogP contribution in [0.3, 0.4) is 0 Å². The summed E-state index contributed by atoms with van der Waals surface area (Å²) in [5.74, 6) is -1.63. The molecule has 1 aliphatic carbocycles. The molecular weight excluding hydrogens is 160 g/mol. The lowest BCUT2D eigenvalue weighted by Crippen LogP contribution is -2.20. The lowest BCUT2D eigenvalue weighted by molar-refractivity contribution is -0.155. The quantitative estimate of drug-likeness (QED) is 0.430. The minimum atomic E-state index is -0.889. The molecule has 4 nitrogen and oxygen atoms in total. The number of ketones is 2. The van der Waals surface area contributed by atoms with Gasteiger partial charge in [0, 0.05) is 6.92 Å². The topological polar surface area (TPSA) is 60.4 Å². The molecule has 0 bridgehead atoms. The molecule has 0 aliphatic heterocycles. The van der Waals surface area contributed by atoms with E-state index in [9.17, 15) is 14.4 Å². The highest BCUT2D eigenvalue weighted by molar-refractivity contribution is 6.32. The first-order valence-corrected chi connectivity index (χ1v) is 3.52. The molecule has 0 aromatic heterocycles. The molecule has 0 saturated carbocycles. The fourth-order valence-corrected chi connectivity index (χ4v) is 0.850. The molecule has 0 aromatic rings. The third-order valence-electron chi connectivity index (χ3n) is 1.45. The number of hydrogen-bond acceptors (Lipinski definition) is 4. The lowest BCUT2D eigenvalue weighted by atomic mass is 10.3. The predicted molar refractivity (Wildman–Crippen MR) is 39.3 cm³/mol. The number of carbonyl (C=O) groups is 3. The normalized spacial score (nSPS) is 21.1. The summed E-state index contributed by atoms with van der Waals surface area (Å²) >= 11 is 0. The molecule has 0 N–H and O–H groups in total. The van der Waals surface area contributed by atoms with Crippen LogP contribution in [0.4, 0.5) is 0 Å². The van der Waals surface area contributed by atoms with Crippen molar-refractivity contribution in [2.24, 2.45) is 0 Å². The van der Waals surface area contributed by atoms with E-state index >= 15 is 0 Å². The zero-order chi connectivity index (χ0) is 9.14. The molecule has 1 atom stereocenters. The molecule has 0 heterocycles. The molecule has 4 heteroatoms. The van der Waals surface area contributed by atoms with Gasteiger partial charge in [-0.3, -0.25) is 9.59 Å². The van der Waals surface area contributed by atoms with Crippen molar-refractivity contribution in [3.05, 3.63) is 12.2 Å². The zero-order valence-corrected chi connectivity index (χ0v) is 6.57. The van der Waals surface area contributed by atoms with E-state index in [0.29, 0.717) is 0 Å². The number of hydrogen-bond donors (Lipinski definition) is 0. The van der Waals surface area contributed by atoms with Crippen molar-refractivity contribution in [3.63, 3.8) is 0 Å². The lowest BCUT2D eigenvalue weighted by Gasteiger charge is -2.06. The van der Waals surface area contributed by atoms with Gasteiger partial charge in [0.05, 0.1) is 6.42 Å². The number of carbonyl (C=O) groups excluding carboxylic acids is 3. The van der Waals surface area contributed by atoms with Gasteiger partial charge >= 0.3 is 5.97 Å². The maximum atomic E-state index is 10.7. The summed E-state index contributed by atoms with van der Waals surface area (Å²) < 4.78 is 4.65. The Balaban J connectivity index is 2.44. The molecule has 0 radical (unpaired) electrons. The van der Waals surface area contributed by atoms with E-state index in [0.717, 1.165) is 6.92 Å². The largest absolute Gasteiger partial charge is 0.452 e. The average Bonchev–Trinajstić information content (AvgIpc) is 2.35. The van der Waals surface area contributed by atoms with Crippen LogP contribution in [0.25, 0.3) is 0 Å². The van der Waals surface area contributed by atoms with E-state index in [4.69, 9.17) is 0 Å². The van der Waals surface area contributed by atoms with Gasteiger partial charge in [-0.1, -0.05) is 0 Å². The Hall–Kier alpha value is -1.45. The van der Waals surface area contributed by atoms with E-state index in [2.05, 4.69) is 4.74 Å². The molecule has 1 aliphatic rings. The van der Waals surface area contributed by atoms with Crippen molar-refractivity contribution in [1.82, 2.24) is 0 Å². The van der Waals surface area contributed by atoms with Crippen LogP contribution in [-0.2, 0) is 19.1 Å². The predicted octanol–water partition coefficient (Wildman–Crippen LogP) is 0.0162. The van der Waals surface area contributed by atoms with Crippen molar-refractivity contribution in [3.8, 4) is 0 Å². The number of esters is 1. The Morgan fingerprint density at radius 3 is 2.67 bits per heavy atom. The highest BCUT2D eigenvalue weighted by atomic mass is 16.5. The molecule has 1 unspecified atom stereocenters. The van der Waals surface area contributed by atoms with E-state index in [1.165, 1.54) is 12.2 Å². The van der Waals surface area contributed by atoms with Crippen molar-refractivity contribution in [2.45, 2.75) is 19.4 Å². The van der Waals surface area contributed by atoms with Crippen LogP contribution in [0.15, 0.2) is 12.2 Å². The molecule has 0 fully saturated rings. The second-order valence-electron chi connectivity index (χ2n) is 2.53. The number of allylic oxidation sites excluding steroid dienone is 1. The molecular formula is C8H8O4. The zero-order valence-electron chi connectivity index (χ0n) is 6.57. The van der Waals surface area contributed by atoms with Gasteiger partial charge in [-0.25, -0.2) is 4.79 Å². The SMILES string of the molecule is CC(=O)C(=O)OC1C=CC(=O)C1. The van der Waals surface area contributed by atoms with E-state index in [-0.39, 0.29) is 12.2 Å². The van der Waals surface area contributed by atoms with E-state index in [1.807, 2.05) is 0 Å². The molecule has 0 aromatic carbocycles. The molecule has 0 saturated heterocycles. The Labute approximate surface area is 69.2 Å². The smallest absolute Gasteiger partial charge is 0.374 e. The van der Waals surface area contributed by atoms with Gasteiger partial charge in [-0.15, -0.1) is 0 Å². The van der Waals surface area contributed by atoms with Crippen molar-refractivity contribution < 1.29 is 19.1 Å². The molecule has 12 heavy (non-hydrogen) atoms. The fourth-order valence-electron chi connectivity index (χ4n) is 0.850. The molecule has 1 rings (SSSR count). The summed E-state index contributed by atoms with van der Waals surface area (Å²) in [6.45, 7) is 1.13. The average molecular weight is 168 g/mol. The van der Waals surface area contributed by atoms with Crippen LogP contribution >= 0.6 is 0 Å². The highest BCUT2D eigenvalue weighted by Crippen LogP contribution is 2.09. The first-order chi connectivity index (χ1) is 5.59. The summed E-state index contributed by atoms with van der Waals surface area (Å²) in [4.78, 5) is 31.8. The third kappa shape index (κ3) is 2.02. The Morgan fingerprint density at radius 2 is 2.25 bits per heavy atom. The maximum Gasteiger partial charge on any atom is 0.374 e. The number of Topliss-reactive ketones (excluding diaryl/α,β-unsaturated/α-hetero) is 1. The van der Waals surface area contributed by atoms with Crippen molar-refractivity contribution >= 4 is 17.5 Å². The minimum Gasteiger partial charge on any atom is -0.452 e. The summed E-state index contributed by atoms with van der Waals surface area (Å²) in [6, 6.07) is 0. The van der Waals surface area contributed by atoms with Gasteiger partial charge in [-0.05, 0) is 12.2 Å². The Kier molecular flexibility index (Phi) is 2.38. The molecule has 0 amide bonds. The summed E-state index contributed by atoms with van der Waals surface area (Å²) in [5.41, 5.74) is 0.